The number of alkyl halides is 2. The van der Waals surface area contributed by atoms with E-state index in [1.807, 2.05) is 0 Å². The Balaban J connectivity index is 1.97. The van der Waals surface area contributed by atoms with Crippen LogP contribution in [0.1, 0.15) is 19.3 Å². The fourth-order valence-corrected chi connectivity index (χ4v) is 2.74. The first-order valence-corrected chi connectivity index (χ1v) is 4.56. The predicted molar refractivity (Wildman–Crippen MR) is 44.5 cm³/mol. The molecule has 0 radical (unpaired) electrons. The zero-order chi connectivity index (χ0) is 10.6. The van der Waals surface area contributed by atoms with Crippen LogP contribution in [0.25, 0.3) is 0 Å². The van der Waals surface area contributed by atoms with Crippen molar-refractivity contribution in [2.24, 2.45) is 10.8 Å². The Hall–Kier alpha value is -0.710. The molecule has 0 aromatic rings. The van der Waals surface area contributed by atoms with Gasteiger partial charge in [-0.2, -0.15) is 0 Å². The molecule has 3 aliphatic carbocycles. The van der Waals surface area contributed by atoms with Gasteiger partial charge in [0.05, 0.1) is 12.5 Å². The van der Waals surface area contributed by atoms with Crippen LogP contribution in [-0.4, -0.2) is 31.6 Å². The van der Waals surface area contributed by atoms with E-state index in [1.54, 1.807) is 0 Å². The lowest BCUT2D eigenvalue weighted by atomic mass is 9.35. The van der Waals surface area contributed by atoms with Gasteiger partial charge >= 0.3 is 0 Å². The van der Waals surface area contributed by atoms with Gasteiger partial charge in [0.1, 0.15) is 0 Å². The molecule has 14 heavy (non-hydrogen) atoms. The monoisotopic (exact) mass is 205 g/mol. The molecule has 0 N–H and O–H groups in total. The Kier molecular flexibility index (Phi) is 1.86. The largest absolute Gasteiger partial charge is 0.275 e. The van der Waals surface area contributed by atoms with Crippen LogP contribution in [0.4, 0.5) is 8.78 Å². The maximum atomic E-state index is 12.5. The van der Waals surface area contributed by atoms with E-state index < -0.39 is 17.3 Å². The molecule has 3 saturated carbocycles. The molecule has 5 heteroatoms. The minimum absolute atomic E-state index is 0.164. The Morgan fingerprint density at radius 2 is 1.93 bits per heavy atom. The second-order valence-corrected chi connectivity index (χ2v) is 4.46. The highest BCUT2D eigenvalue weighted by molar-refractivity contribution is 5.85. The van der Waals surface area contributed by atoms with Gasteiger partial charge in [-0.15, -0.1) is 0 Å². The van der Waals surface area contributed by atoms with Crippen LogP contribution in [-0.2, 0) is 9.63 Å². The van der Waals surface area contributed by atoms with Crippen molar-refractivity contribution in [3.05, 3.63) is 0 Å². The molecular weight excluding hydrogens is 192 g/mol. The van der Waals surface area contributed by atoms with Crippen LogP contribution in [0.3, 0.4) is 0 Å². The predicted octanol–water partition coefficient (Wildman–Crippen LogP) is 1.44. The molecule has 0 aromatic carbocycles. The van der Waals surface area contributed by atoms with Gasteiger partial charge in [0.25, 0.3) is 5.91 Å². The van der Waals surface area contributed by atoms with Gasteiger partial charge in [0.15, 0.2) is 0 Å². The van der Waals surface area contributed by atoms with Crippen molar-refractivity contribution >= 4 is 5.91 Å². The molecule has 3 aliphatic rings. The molecule has 80 valence electrons. The van der Waals surface area contributed by atoms with Crippen LogP contribution in [0.5, 0.6) is 0 Å². The maximum Gasteiger partial charge on any atom is 0.252 e. The summed E-state index contributed by atoms with van der Waals surface area (Å²) in [5.41, 5.74) is -1.37. The lowest BCUT2D eigenvalue weighted by Crippen LogP contribution is -2.70. The molecule has 3 nitrogen and oxygen atoms in total. The van der Waals surface area contributed by atoms with Crippen molar-refractivity contribution in [2.45, 2.75) is 25.7 Å². The first kappa shape index (κ1) is 9.83. The first-order chi connectivity index (χ1) is 6.46. The number of hydrogen-bond acceptors (Lipinski definition) is 2. The number of carbonyl (C=O) groups is 1. The van der Waals surface area contributed by atoms with Gasteiger partial charge in [0, 0.05) is 12.5 Å². The number of hydrogen-bond donors (Lipinski definition) is 0. The molecule has 0 aliphatic heterocycles. The summed E-state index contributed by atoms with van der Waals surface area (Å²) < 4.78 is 24.9. The van der Waals surface area contributed by atoms with E-state index in [0.717, 1.165) is 5.06 Å². The summed E-state index contributed by atoms with van der Waals surface area (Å²) in [5, 5.41) is 1.13. The van der Waals surface area contributed by atoms with E-state index >= 15 is 0 Å². The lowest BCUT2D eigenvalue weighted by molar-refractivity contribution is -0.274. The summed E-state index contributed by atoms with van der Waals surface area (Å²) in [6.45, 7) is 0. The van der Waals surface area contributed by atoms with Gasteiger partial charge in [0.2, 0.25) is 6.43 Å². The number of halogens is 2. The summed E-state index contributed by atoms with van der Waals surface area (Å²) in [6, 6.07) is 0. The van der Waals surface area contributed by atoms with Crippen LogP contribution >= 0.6 is 0 Å². The maximum absolute atomic E-state index is 12.5. The highest BCUT2D eigenvalue weighted by atomic mass is 19.3. The molecule has 0 saturated heterocycles. The molecule has 3 rings (SSSR count). The number of carbonyl (C=O) groups excluding carboxylic acids is 1. The summed E-state index contributed by atoms with van der Waals surface area (Å²) in [4.78, 5) is 16.4. The minimum atomic E-state index is -2.29. The van der Waals surface area contributed by atoms with E-state index in [1.165, 1.54) is 14.2 Å². The fourth-order valence-electron chi connectivity index (χ4n) is 2.74. The summed E-state index contributed by atoms with van der Waals surface area (Å²) in [6.07, 6.45) is -1.32. The third kappa shape index (κ3) is 0.960. The fraction of sp³-hybridized carbons (Fsp3) is 0.889. The second-order valence-electron chi connectivity index (χ2n) is 4.46. The van der Waals surface area contributed by atoms with Crippen molar-refractivity contribution in [3.63, 3.8) is 0 Å². The molecule has 0 aromatic heterocycles. The normalized spacial score (nSPS) is 38.9. The zero-order valence-electron chi connectivity index (χ0n) is 8.22. The van der Waals surface area contributed by atoms with E-state index in [2.05, 4.69) is 0 Å². The Morgan fingerprint density at radius 3 is 2.29 bits per heavy atom. The SMILES string of the molecule is CON(C)C(=O)C12CC(C(F)F)(C1)C2. The van der Waals surface area contributed by atoms with Crippen LogP contribution in [0.15, 0.2) is 0 Å². The average molecular weight is 205 g/mol. The van der Waals surface area contributed by atoms with E-state index in [9.17, 15) is 13.6 Å². The summed E-state index contributed by atoms with van der Waals surface area (Å²) >= 11 is 0. The number of rotatable bonds is 3. The van der Waals surface area contributed by atoms with E-state index in [4.69, 9.17) is 4.84 Å². The highest BCUT2D eigenvalue weighted by Crippen LogP contribution is 2.75. The number of nitrogens with zero attached hydrogens (tertiary/aromatic N) is 1. The van der Waals surface area contributed by atoms with Crippen molar-refractivity contribution in [2.75, 3.05) is 14.2 Å². The lowest BCUT2D eigenvalue weighted by Gasteiger charge is -2.68. The minimum Gasteiger partial charge on any atom is -0.275 e. The first-order valence-electron chi connectivity index (χ1n) is 4.56. The molecular formula is C9H13F2NO2. The van der Waals surface area contributed by atoms with Gasteiger partial charge in [-0.3, -0.25) is 9.63 Å². The Labute approximate surface area is 81.0 Å². The molecule has 2 bridgehead atoms. The molecule has 0 atom stereocenters. The van der Waals surface area contributed by atoms with Crippen LogP contribution in [0.2, 0.25) is 0 Å². The number of hydroxylamine groups is 2. The van der Waals surface area contributed by atoms with Crippen LogP contribution in [0, 0.1) is 10.8 Å². The standard InChI is InChI=1S/C9H13F2NO2/c1-12(14-2)7(13)9-3-8(4-9,5-9)6(10)11/h6H,3-5H2,1-2H3. The molecule has 0 heterocycles. The van der Waals surface area contributed by atoms with Gasteiger partial charge in [-0.25, -0.2) is 13.8 Å². The molecule has 0 unspecified atom stereocenters. The van der Waals surface area contributed by atoms with E-state index in [-0.39, 0.29) is 5.91 Å². The van der Waals surface area contributed by atoms with Crippen LogP contribution < -0.4 is 0 Å². The van der Waals surface area contributed by atoms with E-state index in [0.29, 0.717) is 19.3 Å². The third-order valence-corrected chi connectivity index (χ3v) is 3.55. The van der Waals surface area contributed by atoms with Gasteiger partial charge in [-0.1, -0.05) is 0 Å². The highest BCUT2D eigenvalue weighted by Gasteiger charge is 2.75. The third-order valence-electron chi connectivity index (χ3n) is 3.55. The van der Waals surface area contributed by atoms with Gasteiger partial charge in [-0.05, 0) is 19.3 Å². The van der Waals surface area contributed by atoms with Crippen molar-refractivity contribution in [1.82, 2.24) is 5.06 Å². The summed E-state index contributed by atoms with van der Waals surface area (Å²) in [7, 11) is 2.91. The smallest absolute Gasteiger partial charge is 0.252 e. The van der Waals surface area contributed by atoms with Gasteiger partial charge < -0.3 is 0 Å². The topological polar surface area (TPSA) is 29.5 Å². The van der Waals surface area contributed by atoms with Crippen molar-refractivity contribution in [3.8, 4) is 0 Å². The molecule has 1 amide bonds. The Morgan fingerprint density at radius 1 is 1.43 bits per heavy atom. The van der Waals surface area contributed by atoms with Crippen molar-refractivity contribution in [1.29, 1.82) is 0 Å². The quantitative estimate of drug-likeness (QED) is 0.652. The van der Waals surface area contributed by atoms with Crippen molar-refractivity contribution < 1.29 is 18.4 Å². The molecule has 3 fully saturated rings. The average Bonchev–Trinajstić information content (AvgIpc) is 1.96. The second kappa shape index (κ2) is 2.66. The summed E-state index contributed by atoms with van der Waals surface area (Å²) in [5.74, 6) is -0.164. The Bertz CT molecular complexity index is 260. The zero-order valence-corrected chi connectivity index (χ0v) is 8.22. The molecule has 0 spiro atoms. The number of amides is 1.